The molecule has 1 aliphatic heterocycles. The van der Waals surface area contributed by atoms with Crippen LogP contribution >= 0.6 is 7.82 Å². The Labute approximate surface area is 136 Å². The summed E-state index contributed by atoms with van der Waals surface area (Å²) in [6.07, 6.45) is -1.65. The number of aliphatic hydroxyl groups is 2. The molecule has 0 aliphatic carbocycles. The lowest BCUT2D eigenvalue weighted by molar-refractivity contribution is -0.229. The summed E-state index contributed by atoms with van der Waals surface area (Å²) in [5.74, 6) is 0. The zero-order valence-corrected chi connectivity index (χ0v) is 13.7. The number of nitrogens with zero attached hydrogens (tertiary/aromatic N) is 1. The number of aromatic amines is 1. The molecule has 0 amide bonds. The fourth-order valence-electron chi connectivity index (χ4n) is 2.19. The van der Waals surface area contributed by atoms with Crippen molar-refractivity contribution in [1.29, 1.82) is 0 Å². The van der Waals surface area contributed by atoms with Gasteiger partial charge in [-0.2, -0.15) is 0 Å². The number of phosphoric acid groups is 1. The van der Waals surface area contributed by atoms with E-state index in [9.17, 15) is 24.2 Å². The van der Waals surface area contributed by atoms with E-state index in [1.54, 1.807) is 0 Å². The Morgan fingerprint density at radius 2 is 2.21 bits per heavy atom. The maximum Gasteiger partial charge on any atom is 0.330 e. The number of phosphoric ester groups is 1. The number of hydrogen-bond donors (Lipinski definition) is 3. The Bertz CT molecular complexity index is 730. The third-order valence-corrected chi connectivity index (χ3v) is 4.36. The van der Waals surface area contributed by atoms with Crippen LogP contribution in [0.2, 0.25) is 0 Å². The van der Waals surface area contributed by atoms with Crippen LogP contribution in [-0.2, 0) is 18.3 Å². The summed E-state index contributed by atoms with van der Waals surface area (Å²) in [7, 11) is -4.62. The predicted molar refractivity (Wildman–Crippen MR) is 77.2 cm³/mol. The minimum atomic E-state index is -4.62. The number of aryl methyl sites for hydroxylation is 1. The van der Waals surface area contributed by atoms with Crippen molar-refractivity contribution < 1.29 is 33.5 Å². The Balaban J connectivity index is 2.02. The van der Waals surface area contributed by atoms with E-state index in [0.717, 1.165) is 4.57 Å². The van der Waals surface area contributed by atoms with Crippen LogP contribution in [-0.4, -0.2) is 51.8 Å². The fourth-order valence-corrected chi connectivity index (χ4v) is 2.90. The average Bonchev–Trinajstić information content (AvgIpc) is 2.88. The molecule has 0 radical (unpaired) electrons. The number of aromatic nitrogens is 2. The van der Waals surface area contributed by atoms with Crippen molar-refractivity contribution in [3.63, 3.8) is 0 Å². The zero-order valence-electron chi connectivity index (χ0n) is 12.8. The van der Waals surface area contributed by atoms with Gasteiger partial charge in [0, 0.05) is 18.2 Å². The number of hydrogen-bond acceptors (Lipinski definition) is 9. The Hall–Kier alpha value is -1.33. The first kappa shape index (κ1) is 19.0. The van der Waals surface area contributed by atoms with E-state index < -0.39 is 57.3 Å². The monoisotopic (exact) mass is 365 g/mol. The Morgan fingerprint density at radius 1 is 1.50 bits per heavy atom. The van der Waals surface area contributed by atoms with E-state index in [-0.39, 0.29) is 12.0 Å². The van der Waals surface area contributed by atoms with E-state index in [0.29, 0.717) is 0 Å². The first-order valence-electron chi connectivity index (χ1n) is 7.10. The molecular weight excluding hydrogens is 347 g/mol. The van der Waals surface area contributed by atoms with E-state index in [1.807, 2.05) is 0 Å². The van der Waals surface area contributed by atoms with Crippen LogP contribution in [0, 0.1) is 6.92 Å². The van der Waals surface area contributed by atoms with Crippen LogP contribution < -0.4 is 16.1 Å². The molecule has 0 spiro atoms. The standard InChI is InChI=1S/C12H19N2O9P/c1-7-5-14(12(18)13-11(7)17)10-4-8(16)9(23-10)6-22-24(19,20)21-3-2-15/h5,8-10,15-16H,2-4,6H2,1H3,(H,19,20)(H,13,17,18)/p-1. The molecule has 11 nitrogen and oxygen atoms in total. The summed E-state index contributed by atoms with van der Waals surface area (Å²) >= 11 is 0. The van der Waals surface area contributed by atoms with E-state index in [2.05, 4.69) is 14.0 Å². The first-order valence-corrected chi connectivity index (χ1v) is 8.56. The van der Waals surface area contributed by atoms with Gasteiger partial charge >= 0.3 is 5.69 Å². The molecule has 136 valence electrons. The number of nitrogens with one attached hydrogen (secondary N) is 1. The van der Waals surface area contributed by atoms with E-state index >= 15 is 0 Å². The molecule has 0 bridgehead atoms. The van der Waals surface area contributed by atoms with Gasteiger partial charge in [-0.15, -0.1) is 0 Å². The van der Waals surface area contributed by atoms with Gasteiger partial charge in [-0.3, -0.25) is 18.9 Å². The molecule has 0 aromatic carbocycles. The molecule has 4 unspecified atom stereocenters. The van der Waals surface area contributed by atoms with Gasteiger partial charge in [0.25, 0.3) is 13.4 Å². The second-order valence-electron chi connectivity index (χ2n) is 5.21. The largest absolute Gasteiger partial charge is 0.756 e. The highest BCUT2D eigenvalue weighted by molar-refractivity contribution is 7.45. The van der Waals surface area contributed by atoms with Crippen molar-refractivity contribution in [3.8, 4) is 0 Å². The van der Waals surface area contributed by atoms with Gasteiger partial charge in [-0.1, -0.05) is 0 Å². The third kappa shape index (κ3) is 4.61. The molecule has 1 saturated heterocycles. The minimum Gasteiger partial charge on any atom is -0.756 e. The number of H-pyrrole nitrogens is 1. The van der Waals surface area contributed by atoms with Crippen molar-refractivity contribution in [2.24, 2.45) is 0 Å². The average molecular weight is 365 g/mol. The van der Waals surface area contributed by atoms with Gasteiger partial charge in [-0.05, 0) is 6.92 Å². The summed E-state index contributed by atoms with van der Waals surface area (Å²) in [4.78, 5) is 36.7. The molecule has 0 saturated carbocycles. The number of ether oxygens (including phenoxy) is 1. The molecule has 3 N–H and O–H groups in total. The maximum atomic E-state index is 11.8. The second kappa shape index (κ2) is 7.70. The Morgan fingerprint density at radius 3 is 2.88 bits per heavy atom. The van der Waals surface area contributed by atoms with E-state index in [1.165, 1.54) is 13.1 Å². The molecule has 1 aromatic heterocycles. The van der Waals surface area contributed by atoms with Gasteiger partial charge in [-0.25, -0.2) is 4.79 Å². The van der Waals surface area contributed by atoms with Crippen LogP contribution in [0.4, 0.5) is 0 Å². The van der Waals surface area contributed by atoms with Gasteiger partial charge in [0.15, 0.2) is 0 Å². The number of aliphatic hydroxyl groups excluding tert-OH is 2. The van der Waals surface area contributed by atoms with Crippen LogP contribution in [0.25, 0.3) is 0 Å². The molecule has 2 heterocycles. The summed E-state index contributed by atoms with van der Waals surface area (Å²) in [5, 5.41) is 18.5. The van der Waals surface area contributed by atoms with Crippen molar-refractivity contribution >= 4 is 7.82 Å². The molecule has 24 heavy (non-hydrogen) atoms. The summed E-state index contributed by atoms with van der Waals surface area (Å²) < 4.78 is 26.8. The van der Waals surface area contributed by atoms with Crippen LogP contribution in [0.3, 0.4) is 0 Å². The quantitative estimate of drug-likeness (QED) is 0.463. The van der Waals surface area contributed by atoms with Crippen LogP contribution in [0.1, 0.15) is 18.2 Å². The number of rotatable bonds is 7. The molecule has 12 heteroatoms. The molecule has 1 aromatic rings. The lowest BCUT2D eigenvalue weighted by atomic mass is 10.2. The topological polar surface area (TPSA) is 163 Å². The highest BCUT2D eigenvalue weighted by Gasteiger charge is 2.36. The predicted octanol–water partition coefficient (Wildman–Crippen LogP) is -2.01. The van der Waals surface area contributed by atoms with Crippen molar-refractivity contribution in [2.45, 2.75) is 31.8 Å². The Kier molecular flexibility index (Phi) is 6.10. The maximum absolute atomic E-state index is 11.8. The lowest BCUT2D eigenvalue weighted by Gasteiger charge is -2.24. The summed E-state index contributed by atoms with van der Waals surface area (Å²) in [6, 6.07) is 0. The minimum absolute atomic E-state index is 0.0140. The highest BCUT2D eigenvalue weighted by Crippen LogP contribution is 2.39. The van der Waals surface area contributed by atoms with Gasteiger partial charge < -0.3 is 28.9 Å². The normalized spacial score (nSPS) is 26.4. The molecule has 2 rings (SSSR count). The van der Waals surface area contributed by atoms with Gasteiger partial charge in [0.1, 0.15) is 12.3 Å². The van der Waals surface area contributed by atoms with Gasteiger partial charge in [0.05, 0.1) is 25.9 Å². The van der Waals surface area contributed by atoms with E-state index in [4.69, 9.17) is 9.84 Å². The second-order valence-corrected chi connectivity index (χ2v) is 6.62. The molecular formula is C12H18N2O9P-. The highest BCUT2D eigenvalue weighted by atomic mass is 31.2. The smallest absolute Gasteiger partial charge is 0.330 e. The summed E-state index contributed by atoms with van der Waals surface area (Å²) in [5.41, 5.74) is -0.943. The molecule has 4 atom stereocenters. The molecule has 1 aliphatic rings. The lowest BCUT2D eigenvalue weighted by Crippen LogP contribution is -2.33. The zero-order chi connectivity index (χ0) is 17.9. The molecule has 1 fully saturated rings. The van der Waals surface area contributed by atoms with Gasteiger partial charge in [0.2, 0.25) is 0 Å². The fraction of sp³-hybridized carbons (Fsp3) is 0.667. The van der Waals surface area contributed by atoms with Crippen LogP contribution in [0.15, 0.2) is 15.8 Å². The van der Waals surface area contributed by atoms with Crippen molar-refractivity contribution in [1.82, 2.24) is 9.55 Å². The first-order chi connectivity index (χ1) is 11.2. The SMILES string of the molecule is Cc1cn(C2CC(O)C(COP(=O)([O-])OCCO)O2)c(=O)[nH]c1=O. The van der Waals surface area contributed by atoms with Crippen LogP contribution in [0.5, 0.6) is 0 Å². The third-order valence-electron chi connectivity index (χ3n) is 3.40. The van der Waals surface area contributed by atoms with Crippen molar-refractivity contribution in [2.75, 3.05) is 19.8 Å². The van der Waals surface area contributed by atoms with Crippen molar-refractivity contribution in [3.05, 3.63) is 32.6 Å². The summed E-state index contributed by atoms with van der Waals surface area (Å²) in [6.45, 7) is 0.0616.